The van der Waals surface area contributed by atoms with Crippen molar-refractivity contribution in [3.8, 4) is 5.82 Å². The van der Waals surface area contributed by atoms with E-state index < -0.39 is 0 Å². The highest BCUT2D eigenvalue weighted by Gasteiger charge is 2.09. The van der Waals surface area contributed by atoms with Crippen molar-refractivity contribution in [1.82, 2.24) is 19.9 Å². The SMILES string of the molecule is Cc1nccn1-c1ncccc1CNC(=O)CCC=Cc1ccccc1. The summed E-state index contributed by atoms with van der Waals surface area (Å²) in [7, 11) is 0. The molecule has 0 fully saturated rings. The first-order chi connectivity index (χ1) is 12.7. The van der Waals surface area contributed by atoms with E-state index in [4.69, 9.17) is 0 Å². The van der Waals surface area contributed by atoms with E-state index in [0.29, 0.717) is 19.4 Å². The number of nitrogens with zero attached hydrogens (tertiary/aromatic N) is 3. The summed E-state index contributed by atoms with van der Waals surface area (Å²) in [6, 6.07) is 13.9. The molecular weight excluding hydrogens is 324 g/mol. The Bertz CT molecular complexity index is 884. The first-order valence-corrected chi connectivity index (χ1v) is 8.66. The summed E-state index contributed by atoms with van der Waals surface area (Å²) in [5.74, 6) is 1.69. The number of amides is 1. The maximum atomic E-state index is 12.1. The molecule has 26 heavy (non-hydrogen) atoms. The number of carbonyl (C=O) groups is 1. The average molecular weight is 346 g/mol. The first kappa shape index (κ1) is 17.6. The van der Waals surface area contributed by atoms with Crippen LogP contribution in [0.25, 0.3) is 11.9 Å². The molecule has 1 N–H and O–H groups in total. The molecule has 2 heterocycles. The van der Waals surface area contributed by atoms with Gasteiger partial charge >= 0.3 is 0 Å². The van der Waals surface area contributed by atoms with Crippen molar-refractivity contribution in [2.24, 2.45) is 0 Å². The lowest BCUT2D eigenvalue weighted by Gasteiger charge is -2.11. The average Bonchev–Trinajstić information content (AvgIpc) is 3.10. The van der Waals surface area contributed by atoms with E-state index in [1.165, 1.54) is 0 Å². The second-order valence-electron chi connectivity index (χ2n) is 5.96. The highest BCUT2D eigenvalue weighted by molar-refractivity contribution is 5.76. The number of aryl methyl sites for hydroxylation is 1. The van der Waals surface area contributed by atoms with Crippen molar-refractivity contribution in [3.05, 3.63) is 84.1 Å². The van der Waals surface area contributed by atoms with Gasteiger partial charge in [-0.3, -0.25) is 9.36 Å². The van der Waals surface area contributed by atoms with Crippen molar-refractivity contribution >= 4 is 12.0 Å². The molecule has 5 nitrogen and oxygen atoms in total. The zero-order chi connectivity index (χ0) is 18.2. The Balaban J connectivity index is 1.52. The van der Waals surface area contributed by atoms with Gasteiger partial charge in [0, 0.05) is 37.1 Å². The summed E-state index contributed by atoms with van der Waals surface area (Å²) in [4.78, 5) is 20.8. The van der Waals surface area contributed by atoms with Gasteiger partial charge in [0.1, 0.15) is 11.6 Å². The normalized spacial score (nSPS) is 11.0. The number of imidazole rings is 1. The van der Waals surface area contributed by atoms with Crippen molar-refractivity contribution < 1.29 is 4.79 Å². The quantitative estimate of drug-likeness (QED) is 0.710. The Labute approximate surface area is 153 Å². The van der Waals surface area contributed by atoms with E-state index in [1.54, 1.807) is 12.4 Å². The summed E-state index contributed by atoms with van der Waals surface area (Å²) >= 11 is 0. The molecule has 0 atom stereocenters. The van der Waals surface area contributed by atoms with Crippen LogP contribution in [0.1, 0.15) is 29.8 Å². The fraction of sp³-hybridized carbons (Fsp3) is 0.190. The van der Waals surface area contributed by atoms with Crippen LogP contribution in [-0.4, -0.2) is 20.4 Å². The van der Waals surface area contributed by atoms with Gasteiger partial charge in [0.05, 0.1) is 0 Å². The topological polar surface area (TPSA) is 59.8 Å². The molecule has 3 rings (SSSR count). The van der Waals surface area contributed by atoms with E-state index in [-0.39, 0.29) is 5.91 Å². The minimum atomic E-state index is 0.0277. The van der Waals surface area contributed by atoms with Gasteiger partial charge in [-0.1, -0.05) is 48.6 Å². The molecule has 2 aromatic heterocycles. The molecule has 0 aliphatic carbocycles. The predicted molar refractivity (Wildman–Crippen MR) is 103 cm³/mol. The monoisotopic (exact) mass is 346 g/mol. The van der Waals surface area contributed by atoms with E-state index >= 15 is 0 Å². The third kappa shape index (κ3) is 4.66. The molecule has 132 valence electrons. The highest BCUT2D eigenvalue weighted by Crippen LogP contribution is 2.13. The minimum Gasteiger partial charge on any atom is -0.352 e. The summed E-state index contributed by atoms with van der Waals surface area (Å²) in [5, 5.41) is 2.97. The van der Waals surface area contributed by atoms with Gasteiger partial charge < -0.3 is 5.32 Å². The second-order valence-corrected chi connectivity index (χ2v) is 5.96. The largest absolute Gasteiger partial charge is 0.352 e. The number of rotatable bonds is 7. The Morgan fingerprint density at radius 3 is 2.73 bits per heavy atom. The number of allylic oxidation sites excluding steroid dienone is 1. The van der Waals surface area contributed by atoms with Gasteiger partial charge in [-0.05, 0) is 25.0 Å². The smallest absolute Gasteiger partial charge is 0.220 e. The van der Waals surface area contributed by atoms with Crippen molar-refractivity contribution in [2.75, 3.05) is 0 Å². The van der Waals surface area contributed by atoms with Gasteiger partial charge in [0.15, 0.2) is 0 Å². The lowest BCUT2D eigenvalue weighted by Crippen LogP contribution is -2.23. The highest BCUT2D eigenvalue weighted by atomic mass is 16.1. The van der Waals surface area contributed by atoms with Crippen molar-refractivity contribution in [1.29, 1.82) is 0 Å². The van der Waals surface area contributed by atoms with E-state index in [2.05, 4.69) is 15.3 Å². The first-order valence-electron chi connectivity index (χ1n) is 8.66. The summed E-state index contributed by atoms with van der Waals surface area (Å²) in [5.41, 5.74) is 2.10. The number of aromatic nitrogens is 3. The third-order valence-electron chi connectivity index (χ3n) is 4.05. The summed E-state index contributed by atoms with van der Waals surface area (Å²) in [6.07, 6.45) is 10.6. The molecule has 1 aromatic carbocycles. The molecule has 0 aliphatic heterocycles. The number of pyridine rings is 1. The van der Waals surface area contributed by atoms with E-state index in [1.807, 2.05) is 72.3 Å². The molecule has 1 amide bonds. The van der Waals surface area contributed by atoms with Crippen LogP contribution in [-0.2, 0) is 11.3 Å². The maximum Gasteiger partial charge on any atom is 0.220 e. The summed E-state index contributed by atoms with van der Waals surface area (Å²) in [6.45, 7) is 2.37. The third-order valence-corrected chi connectivity index (χ3v) is 4.05. The van der Waals surface area contributed by atoms with Gasteiger partial charge in [-0.15, -0.1) is 0 Å². The van der Waals surface area contributed by atoms with Crippen molar-refractivity contribution in [3.63, 3.8) is 0 Å². The number of hydrogen-bond donors (Lipinski definition) is 1. The maximum absolute atomic E-state index is 12.1. The lowest BCUT2D eigenvalue weighted by molar-refractivity contribution is -0.121. The van der Waals surface area contributed by atoms with Crippen LogP contribution in [0.4, 0.5) is 0 Å². The molecule has 0 radical (unpaired) electrons. The fourth-order valence-electron chi connectivity index (χ4n) is 2.67. The Hall–Kier alpha value is -3.21. The van der Waals surface area contributed by atoms with Gasteiger partial charge in [0.2, 0.25) is 5.91 Å². The minimum absolute atomic E-state index is 0.0277. The van der Waals surface area contributed by atoms with Gasteiger partial charge in [0.25, 0.3) is 0 Å². The van der Waals surface area contributed by atoms with Crippen molar-refractivity contribution in [2.45, 2.75) is 26.3 Å². The van der Waals surface area contributed by atoms with Crippen LogP contribution >= 0.6 is 0 Å². The Morgan fingerprint density at radius 2 is 1.96 bits per heavy atom. The zero-order valence-corrected chi connectivity index (χ0v) is 14.8. The summed E-state index contributed by atoms with van der Waals surface area (Å²) < 4.78 is 1.92. The number of hydrogen-bond acceptors (Lipinski definition) is 3. The van der Waals surface area contributed by atoms with E-state index in [9.17, 15) is 4.79 Å². The Kier molecular flexibility index (Phi) is 5.93. The van der Waals surface area contributed by atoms with Crippen LogP contribution < -0.4 is 5.32 Å². The zero-order valence-electron chi connectivity index (χ0n) is 14.8. The second kappa shape index (κ2) is 8.76. The standard InChI is InChI=1S/C21H22N4O/c1-17-22-14-15-25(17)21-19(11-7-13-23-21)16-24-20(26)12-6-5-10-18-8-3-2-4-9-18/h2-5,7-11,13-15H,6,12,16H2,1H3,(H,24,26). The number of carbonyl (C=O) groups excluding carboxylic acids is 1. The molecular formula is C21H22N4O. The molecule has 0 aliphatic rings. The van der Waals surface area contributed by atoms with Crippen LogP contribution in [0.3, 0.4) is 0 Å². The number of benzene rings is 1. The molecule has 5 heteroatoms. The number of nitrogens with one attached hydrogen (secondary N) is 1. The predicted octanol–water partition coefficient (Wildman–Crippen LogP) is 3.69. The van der Waals surface area contributed by atoms with Crippen LogP contribution in [0.15, 0.2) is 67.1 Å². The fourth-order valence-corrected chi connectivity index (χ4v) is 2.67. The van der Waals surface area contributed by atoms with Gasteiger partial charge in [-0.25, -0.2) is 9.97 Å². The molecule has 0 unspecified atom stereocenters. The lowest BCUT2D eigenvalue weighted by atomic mass is 10.2. The molecule has 0 bridgehead atoms. The molecule has 0 saturated carbocycles. The van der Waals surface area contributed by atoms with Gasteiger partial charge in [-0.2, -0.15) is 0 Å². The van der Waals surface area contributed by atoms with Crippen LogP contribution in [0.5, 0.6) is 0 Å². The van der Waals surface area contributed by atoms with E-state index in [0.717, 1.165) is 22.8 Å². The van der Waals surface area contributed by atoms with Crippen LogP contribution in [0.2, 0.25) is 0 Å². The Morgan fingerprint density at radius 1 is 1.12 bits per heavy atom. The van der Waals surface area contributed by atoms with Crippen LogP contribution in [0, 0.1) is 6.92 Å². The molecule has 0 saturated heterocycles. The molecule has 3 aromatic rings. The molecule has 0 spiro atoms.